The molecule has 184 valence electrons. The van der Waals surface area contributed by atoms with Gasteiger partial charge in [0.15, 0.2) is 11.7 Å². The number of anilines is 1. The quantitative estimate of drug-likeness (QED) is 0.402. The highest BCUT2D eigenvalue weighted by Gasteiger charge is 2.21. The first-order valence-corrected chi connectivity index (χ1v) is 12.3. The Balaban J connectivity index is 0.00000324. The van der Waals surface area contributed by atoms with E-state index in [2.05, 4.69) is 17.9 Å². The van der Waals surface area contributed by atoms with Crippen LogP contribution in [0.4, 0.5) is 5.13 Å². The molecule has 1 fully saturated rings. The van der Waals surface area contributed by atoms with Crippen molar-refractivity contribution in [3.05, 3.63) is 48.0 Å². The summed E-state index contributed by atoms with van der Waals surface area (Å²) < 4.78 is 17.8. The fourth-order valence-corrected chi connectivity index (χ4v) is 4.87. The third kappa shape index (κ3) is 7.06. The van der Waals surface area contributed by atoms with Crippen LogP contribution in [0.1, 0.15) is 18.9 Å². The van der Waals surface area contributed by atoms with E-state index in [0.29, 0.717) is 18.9 Å². The predicted molar refractivity (Wildman–Crippen MR) is 139 cm³/mol. The van der Waals surface area contributed by atoms with E-state index in [1.807, 2.05) is 43.3 Å². The number of hydrogen-bond acceptors (Lipinski definition) is 7. The molecule has 4 rings (SSSR count). The number of amides is 1. The average molecular weight is 506 g/mol. The molecule has 9 heteroatoms. The lowest BCUT2D eigenvalue weighted by atomic mass is 10.2. The summed E-state index contributed by atoms with van der Waals surface area (Å²) in [6, 6.07) is 13.5. The van der Waals surface area contributed by atoms with Gasteiger partial charge in [0, 0.05) is 26.2 Å². The molecule has 1 aliphatic heterocycles. The van der Waals surface area contributed by atoms with Gasteiger partial charge in [-0.3, -0.25) is 14.6 Å². The van der Waals surface area contributed by atoms with E-state index >= 15 is 0 Å². The Kier molecular flexibility index (Phi) is 9.95. The molecule has 3 aromatic rings. The van der Waals surface area contributed by atoms with Crippen LogP contribution in [0.5, 0.6) is 11.5 Å². The zero-order valence-corrected chi connectivity index (χ0v) is 21.3. The van der Waals surface area contributed by atoms with Crippen LogP contribution in [0.15, 0.2) is 42.5 Å². The van der Waals surface area contributed by atoms with Gasteiger partial charge in [-0.05, 0) is 62.2 Å². The van der Waals surface area contributed by atoms with Gasteiger partial charge in [-0.25, -0.2) is 4.98 Å². The Hall–Kier alpha value is -2.39. The number of aromatic nitrogens is 1. The Morgan fingerprint density at radius 3 is 2.53 bits per heavy atom. The fourth-order valence-electron chi connectivity index (χ4n) is 3.76. The van der Waals surface area contributed by atoms with Gasteiger partial charge in [-0.1, -0.05) is 17.4 Å². The molecule has 2 heterocycles. The molecule has 0 bridgehead atoms. The maximum atomic E-state index is 13.2. The lowest BCUT2D eigenvalue weighted by molar-refractivity contribution is -0.120. The summed E-state index contributed by atoms with van der Waals surface area (Å²) in [5, 5.41) is 0.720. The summed E-state index contributed by atoms with van der Waals surface area (Å²) in [7, 11) is 0. The van der Waals surface area contributed by atoms with Crippen LogP contribution in [0.3, 0.4) is 0 Å². The van der Waals surface area contributed by atoms with E-state index in [1.54, 1.807) is 16.2 Å². The van der Waals surface area contributed by atoms with Crippen LogP contribution in [0, 0.1) is 6.92 Å². The first kappa shape index (κ1) is 26.2. The van der Waals surface area contributed by atoms with E-state index < -0.39 is 0 Å². The minimum atomic E-state index is -0.0957. The van der Waals surface area contributed by atoms with Crippen molar-refractivity contribution in [3.8, 4) is 11.5 Å². The highest BCUT2D eigenvalue weighted by molar-refractivity contribution is 7.22. The minimum absolute atomic E-state index is 0. The molecule has 0 radical (unpaired) electrons. The second-order valence-electron chi connectivity index (χ2n) is 8.01. The van der Waals surface area contributed by atoms with Crippen molar-refractivity contribution in [2.45, 2.75) is 20.3 Å². The Morgan fingerprint density at radius 1 is 1.12 bits per heavy atom. The zero-order chi connectivity index (χ0) is 23.0. The number of carbonyl (C=O) groups is 1. The molecule has 0 unspecified atom stereocenters. The second-order valence-corrected chi connectivity index (χ2v) is 9.02. The Morgan fingerprint density at radius 2 is 1.82 bits per heavy atom. The summed E-state index contributed by atoms with van der Waals surface area (Å²) >= 11 is 1.55. The SMILES string of the molecule is CCOc1ccc(OCC(=O)N(CCCN2CCOCC2)c2nc3ccc(C)cc3s2)cc1.Cl. The van der Waals surface area contributed by atoms with Crippen molar-refractivity contribution in [3.63, 3.8) is 0 Å². The number of aryl methyl sites for hydroxylation is 1. The number of halogens is 1. The van der Waals surface area contributed by atoms with Crippen molar-refractivity contribution < 1.29 is 19.0 Å². The molecular formula is C25H32ClN3O4S. The third-order valence-corrected chi connectivity index (χ3v) is 6.56. The molecule has 34 heavy (non-hydrogen) atoms. The second kappa shape index (κ2) is 12.9. The highest BCUT2D eigenvalue weighted by Crippen LogP contribution is 2.30. The molecule has 7 nitrogen and oxygen atoms in total. The van der Waals surface area contributed by atoms with Crippen molar-refractivity contribution >= 4 is 45.0 Å². The summed E-state index contributed by atoms with van der Waals surface area (Å²) in [5.41, 5.74) is 2.10. The predicted octanol–water partition coefficient (Wildman–Crippen LogP) is 4.56. The van der Waals surface area contributed by atoms with Gasteiger partial charge in [-0.2, -0.15) is 0 Å². The summed E-state index contributed by atoms with van der Waals surface area (Å²) in [6.07, 6.45) is 0.865. The van der Waals surface area contributed by atoms with E-state index in [0.717, 1.165) is 60.4 Å². The van der Waals surface area contributed by atoms with Crippen molar-refractivity contribution in [1.29, 1.82) is 0 Å². The van der Waals surface area contributed by atoms with Crippen molar-refractivity contribution in [2.24, 2.45) is 0 Å². The summed E-state index contributed by atoms with van der Waals surface area (Å²) in [4.78, 5) is 22.1. The topological polar surface area (TPSA) is 64.1 Å². The van der Waals surface area contributed by atoms with E-state index in [4.69, 9.17) is 19.2 Å². The smallest absolute Gasteiger partial charge is 0.266 e. The maximum Gasteiger partial charge on any atom is 0.266 e. The fraction of sp³-hybridized carbons (Fsp3) is 0.440. The number of morpholine rings is 1. The molecule has 0 aliphatic carbocycles. The number of fused-ring (bicyclic) bond motifs is 1. The summed E-state index contributed by atoms with van der Waals surface area (Å²) in [6.45, 7) is 9.53. The van der Waals surface area contributed by atoms with Crippen LogP contribution in [0.2, 0.25) is 0 Å². The van der Waals surface area contributed by atoms with Gasteiger partial charge in [0.2, 0.25) is 0 Å². The number of benzene rings is 2. The number of rotatable bonds is 10. The largest absolute Gasteiger partial charge is 0.494 e. The highest BCUT2D eigenvalue weighted by atomic mass is 35.5. The standard InChI is InChI=1S/C25H31N3O4S.ClH/c1-3-31-20-6-8-21(9-7-20)32-18-24(29)28(12-4-11-27-13-15-30-16-14-27)25-26-22-10-5-19(2)17-23(22)33-25;/h5-10,17H,3-4,11-16,18H2,1-2H3;1H. The number of ether oxygens (including phenoxy) is 3. The molecule has 1 aromatic heterocycles. The average Bonchev–Trinajstić information content (AvgIpc) is 3.25. The molecule has 2 aromatic carbocycles. The molecular weight excluding hydrogens is 474 g/mol. The van der Waals surface area contributed by atoms with Crippen LogP contribution >= 0.6 is 23.7 Å². The monoisotopic (exact) mass is 505 g/mol. The Bertz CT molecular complexity index is 1050. The van der Waals surface area contributed by atoms with Crippen LogP contribution in [0.25, 0.3) is 10.2 Å². The van der Waals surface area contributed by atoms with E-state index in [9.17, 15) is 4.79 Å². The van der Waals surface area contributed by atoms with Gasteiger partial charge in [-0.15, -0.1) is 12.4 Å². The van der Waals surface area contributed by atoms with E-state index in [1.165, 1.54) is 5.56 Å². The van der Waals surface area contributed by atoms with Gasteiger partial charge < -0.3 is 14.2 Å². The molecule has 0 spiro atoms. The zero-order valence-electron chi connectivity index (χ0n) is 19.7. The molecule has 0 saturated carbocycles. The van der Waals surface area contributed by atoms with Gasteiger partial charge in [0.25, 0.3) is 5.91 Å². The minimum Gasteiger partial charge on any atom is -0.494 e. The van der Waals surface area contributed by atoms with Crippen molar-refractivity contribution in [2.75, 3.05) is 57.5 Å². The number of thiazole rings is 1. The third-order valence-electron chi connectivity index (χ3n) is 5.52. The Labute approximate surface area is 211 Å². The molecule has 0 N–H and O–H groups in total. The van der Waals surface area contributed by atoms with Crippen molar-refractivity contribution in [1.82, 2.24) is 9.88 Å². The normalized spacial score (nSPS) is 13.9. The van der Waals surface area contributed by atoms with Crippen LogP contribution in [-0.4, -0.2) is 68.4 Å². The van der Waals surface area contributed by atoms with Crippen LogP contribution < -0.4 is 14.4 Å². The molecule has 1 aliphatic rings. The van der Waals surface area contributed by atoms with Gasteiger partial charge in [0.05, 0.1) is 30.0 Å². The number of hydrogen-bond donors (Lipinski definition) is 0. The summed E-state index contributed by atoms with van der Waals surface area (Å²) in [5.74, 6) is 1.33. The molecule has 1 saturated heterocycles. The lowest BCUT2D eigenvalue weighted by Gasteiger charge is -2.27. The van der Waals surface area contributed by atoms with Crippen LogP contribution in [-0.2, 0) is 9.53 Å². The molecule has 1 amide bonds. The van der Waals surface area contributed by atoms with Gasteiger partial charge in [0.1, 0.15) is 11.5 Å². The molecule has 0 atom stereocenters. The lowest BCUT2D eigenvalue weighted by Crippen LogP contribution is -2.40. The van der Waals surface area contributed by atoms with Gasteiger partial charge >= 0.3 is 0 Å². The number of nitrogens with zero attached hydrogens (tertiary/aromatic N) is 3. The first-order valence-electron chi connectivity index (χ1n) is 11.5. The first-order chi connectivity index (χ1) is 16.1. The number of carbonyl (C=O) groups excluding carboxylic acids is 1. The van der Waals surface area contributed by atoms with E-state index in [-0.39, 0.29) is 24.9 Å². The maximum absolute atomic E-state index is 13.2.